The molecule has 0 saturated heterocycles. The van der Waals surface area contributed by atoms with E-state index in [4.69, 9.17) is 19.6 Å². The second kappa shape index (κ2) is 7.58. The van der Waals surface area contributed by atoms with Gasteiger partial charge in [0.25, 0.3) is 0 Å². The monoisotopic (exact) mass is 276 g/mol. The first-order chi connectivity index (χ1) is 8.54. The molecule has 0 radical (unpaired) electrons. The zero-order chi connectivity index (χ0) is 15.2. The molecule has 0 aromatic rings. The van der Waals surface area contributed by atoms with Crippen LogP contribution >= 0.6 is 0 Å². The van der Waals surface area contributed by atoms with E-state index in [1.807, 2.05) is 41.5 Å². The van der Waals surface area contributed by atoms with Gasteiger partial charge in [-0.25, -0.2) is 9.78 Å². The Morgan fingerprint density at radius 2 is 0.895 bits per heavy atom. The van der Waals surface area contributed by atoms with Gasteiger partial charge in [0.15, 0.2) is 0 Å². The predicted octanol–water partition coefficient (Wildman–Crippen LogP) is 4.78. The van der Waals surface area contributed by atoms with Gasteiger partial charge < -0.3 is 0 Å². The molecule has 0 spiro atoms. The van der Waals surface area contributed by atoms with E-state index in [2.05, 4.69) is 13.8 Å². The molecule has 0 amide bonds. The van der Waals surface area contributed by atoms with Gasteiger partial charge in [-0.05, 0) is 41.5 Å². The molecule has 0 fully saturated rings. The van der Waals surface area contributed by atoms with Crippen LogP contribution in [0.2, 0.25) is 0 Å². The van der Waals surface area contributed by atoms with Gasteiger partial charge in [0.1, 0.15) is 0 Å². The zero-order valence-electron chi connectivity index (χ0n) is 14.0. The molecule has 19 heavy (non-hydrogen) atoms. The molecule has 0 heterocycles. The summed E-state index contributed by atoms with van der Waals surface area (Å²) < 4.78 is 0. The molecular formula is C15H32O4. The molecule has 0 rings (SSSR count). The van der Waals surface area contributed by atoms with E-state index in [1.165, 1.54) is 0 Å². The first-order valence-corrected chi connectivity index (χ1v) is 7.27. The van der Waals surface area contributed by atoms with Crippen molar-refractivity contribution < 1.29 is 19.6 Å². The van der Waals surface area contributed by atoms with Crippen LogP contribution in [0.4, 0.5) is 0 Å². The Kier molecular flexibility index (Phi) is 7.51. The quantitative estimate of drug-likeness (QED) is 0.363. The topological polar surface area (TPSA) is 36.9 Å². The molecule has 0 atom stereocenters. The fourth-order valence-electron chi connectivity index (χ4n) is 1.47. The lowest BCUT2D eigenvalue weighted by Gasteiger charge is -2.35. The van der Waals surface area contributed by atoms with Crippen molar-refractivity contribution in [2.24, 2.45) is 0 Å². The number of rotatable bonds is 8. The molecule has 0 aromatic carbocycles. The van der Waals surface area contributed by atoms with Crippen molar-refractivity contribution >= 4 is 0 Å². The minimum Gasteiger partial charge on any atom is -0.228 e. The fraction of sp³-hybridized carbons (Fsp3) is 1.00. The molecule has 0 saturated carbocycles. The van der Waals surface area contributed by atoms with Crippen LogP contribution in [-0.2, 0) is 19.6 Å². The van der Waals surface area contributed by atoms with E-state index in [-0.39, 0.29) is 11.2 Å². The molecule has 0 aromatic heterocycles. The lowest BCUT2D eigenvalue weighted by molar-refractivity contribution is -0.543. The van der Waals surface area contributed by atoms with Crippen molar-refractivity contribution in [3.05, 3.63) is 0 Å². The minimum absolute atomic E-state index is 0.377. The highest BCUT2D eigenvalue weighted by Gasteiger charge is 2.37. The molecule has 0 aliphatic rings. The van der Waals surface area contributed by atoms with E-state index in [1.54, 1.807) is 0 Å². The molecule has 116 valence electrons. The van der Waals surface area contributed by atoms with Crippen LogP contribution in [0.1, 0.15) is 81.1 Å². The second-order valence-corrected chi connectivity index (χ2v) is 6.97. The third-order valence-corrected chi connectivity index (χ3v) is 2.15. The maximum Gasteiger partial charge on any atom is 0.234 e. The molecule has 0 N–H and O–H groups in total. The van der Waals surface area contributed by atoms with E-state index in [0.29, 0.717) is 0 Å². The van der Waals surface area contributed by atoms with Gasteiger partial charge in [-0.15, -0.1) is 0 Å². The average molecular weight is 276 g/mol. The Morgan fingerprint density at radius 3 is 1.11 bits per heavy atom. The predicted molar refractivity (Wildman–Crippen MR) is 76.4 cm³/mol. The minimum atomic E-state index is -0.829. The number of hydrogen-bond donors (Lipinski definition) is 0. The van der Waals surface area contributed by atoms with E-state index < -0.39 is 5.79 Å². The van der Waals surface area contributed by atoms with Gasteiger partial charge in [-0.1, -0.05) is 26.7 Å². The Bertz CT molecular complexity index is 212. The van der Waals surface area contributed by atoms with Crippen LogP contribution < -0.4 is 0 Å². The number of hydrogen-bond acceptors (Lipinski definition) is 4. The summed E-state index contributed by atoms with van der Waals surface area (Å²) in [5.41, 5.74) is -0.754. The molecule has 0 bridgehead atoms. The Morgan fingerprint density at radius 1 is 0.579 bits per heavy atom. The summed E-state index contributed by atoms with van der Waals surface area (Å²) in [7, 11) is 0. The van der Waals surface area contributed by atoms with Crippen LogP contribution in [0.5, 0.6) is 0 Å². The van der Waals surface area contributed by atoms with Crippen molar-refractivity contribution in [1.29, 1.82) is 0 Å². The molecule has 0 unspecified atom stereocenters. The van der Waals surface area contributed by atoms with Crippen molar-refractivity contribution in [1.82, 2.24) is 0 Å². The maximum atomic E-state index is 5.62. The summed E-state index contributed by atoms with van der Waals surface area (Å²) in [6.07, 6.45) is 3.32. The maximum absolute atomic E-state index is 5.62. The van der Waals surface area contributed by atoms with Gasteiger partial charge in [0, 0.05) is 12.8 Å². The summed E-state index contributed by atoms with van der Waals surface area (Å²) >= 11 is 0. The highest BCUT2D eigenvalue weighted by Crippen LogP contribution is 2.30. The van der Waals surface area contributed by atoms with Crippen molar-refractivity contribution in [3.63, 3.8) is 0 Å². The third-order valence-electron chi connectivity index (χ3n) is 2.15. The summed E-state index contributed by atoms with van der Waals surface area (Å²) in [6.45, 7) is 15.8. The SMILES string of the molecule is CCCC(CCC)(OOC(C)(C)C)OOC(C)(C)C. The summed E-state index contributed by atoms with van der Waals surface area (Å²) in [5.74, 6) is -0.829. The first-order valence-electron chi connectivity index (χ1n) is 7.27. The average Bonchev–Trinajstić information content (AvgIpc) is 2.22. The largest absolute Gasteiger partial charge is 0.234 e. The van der Waals surface area contributed by atoms with Crippen LogP contribution in [0, 0.1) is 0 Å². The molecule has 4 nitrogen and oxygen atoms in total. The lowest BCUT2D eigenvalue weighted by atomic mass is 10.1. The van der Waals surface area contributed by atoms with E-state index in [9.17, 15) is 0 Å². The van der Waals surface area contributed by atoms with Crippen LogP contribution in [0.15, 0.2) is 0 Å². The first kappa shape index (κ1) is 18.8. The molecule has 0 aliphatic heterocycles. The smallest absolute Gasteiger partial charge is 0.228 e. The Hall–Kier alpha value is -0.160. The van der Waals surface area contributed by atoms with Gasteiger partial charge >= 0.3 is 0 Å². The van der Waals surface area contributed by atoms with Crippen molar-refractivity contribution in [2.75, 3.05) is 0 Å². The molecule has 0 aliphatic carbocycles. The van der Waals surface area contributed by atoms with Gasteiger partial charge in [-0.3, -0.25) is 0 Å². The normalized spacial score (nSPS) is 13.9. The highest BCUT2D eigenvalue weighted by molar-refractivity contribution is 4.68. The van der Waals surface area contributed by atoms with Gasteiger partial charge in [0.2, 0.25) is 5.79 Å². The molecular weight excluding hydrogens is 244 g/mol. The van der Waals surface area contributed by atoms with E-state index >= 15 is 0 Å². The zero-order valence-corrected chi connectivity index (χ0v) is 14.0. The highest BCUT2D eigenvalue weighted by atomic mass is 17.3. The summed E-state index contributed by atoms with van der Waals surface area (Å²) in [6, 6.07) is 0. The van der Waals surface area contributed by atoms with Crippen LogP contribution in [0.25, 0.3) is 0 Å². The van der Waals surface area contributed by atoms with Gasteiger partial charge in [-0.2, -0.15) is 9.78 Å². The fourth-order valence-corrected chi connectivity index (χ4v) is 1.47. The molecule has 4 heteroatoms. The Balaban J connectivity index is 4.75. The standard InChI is InChI=1S/C15H32O4/c1-9-11-15(12-10-2,18-16-13(3,4)5)19-17-14(6,7)8/h9-12H2,1-8H3. The lowest BCUT2D eigenvalue weighted by Crippen LogP contribution is -2.41. The Labute approximate surface area is 118 Å². The second-order valence-electron chi connectivity index (χ2n) is 6.97. The van der Waals surface area contributed by atoms with Crippen LogP contribution in [-0.4, -0.2) is 17.0 Å². The van der Waals surface area contributed by atoms with Crippen LogP contribution in [0.3, 0.4) is 0 Å². The summed E-state index contributed by atoms with van der Waals surface area (Å²) in [4.78, 5) is 22.2. The van der Waals surface area contributed by atoms with Crippen molar-refractivity contribution in [2.45, 2.75) is 98.1 Å². The van der Waals surface area contributed by atoms with E-state index in [0.717, 1.165) is 25.7 Å². The van der Waals surface area contributed by atoms with Gasteiger partial charge in [0.05, 0.1) is 11.2 Å². The third kappa shape index (κ3) is 9.38. The summed E-state index contributed by atoms with van der Waals surface area (Å²) in [5, 5.41) is 0. The van der Waals surface area contributed by atoms with Crippen molar-refractivity contribution in [3.8, 4) is 0 Å².